The normalized spacial score (nSPS) is 11.5. The number of H-pyrrole nitrogens is 1. The van der Waals surface area contributed by atoms with Gasteiger partial charge in [-0.3, -0.25) is 9.89 Å². The second-order valence-corrected chi connectivity index (χ2v) is 8.25. The molecule has 0 unspecified atom stereocenters. The lowest BCUT2D eigenvalue weighted by Gasteiger charge is -2.19. The van der Waals surface area contributed by atoms with Gasteiger partial charge in [0.25, 0.3) is 0 Å². The van der Waals surface area contributed by atoms with Crippen molar-refractivity contribution in [2.24, 2.45) is 7.05 Å². The zero-order chi connectivity index (χ0) is 18.7. The van der Waals surface area contributed by atoms with Crippen LogP contribution in [0.1, 0.15) is 26.3 Å². The van der Waals surface area contributed by atoms with E-state index < -0.39 is 0 Å². The number of rotatable bonds is 5. The average Bonchev–Trinajstić information content (AvgIpc) is 2.58. The van der Waals surface area contributed by atoms with Crippen LogP contribution >= 0.6 is 11.8 Å². The second kappa shape index (κ2) is 7.41. The van der Waals surface area contributed by atoms with Gasteiger partial charge in [-0.25, -0.2) is 4.80 Å². The summed E-state index contributed by atoms with van der Waals surface area (Å²) < 4.78 is 0. The molecule has 1 heterocycles. The van der Waals surface area contributed by atoms with Gasteiger partial charge >= 0.3 is 0 Å². The Morgan fingerprint density at radius 2 is 1.62 bits per heavy atom. The van der Waals surface area contributed by atoms with Crippen molar-refractivity contribution in [2.75, 3.05) is 11.1 Å². The lowest BCUT2D eigenvalue weighted by Crippen LogP contribution is -2.17. The molecule has 0 radical (unpaired) electrons. The summed E-state index contributed by atoms with van der Waals surface area (Å²) in [7, 11) is 1.81. The van der Waals surface area contributed by atoms with Crippen LogP contribution < -0.4 is 5.32 Å². The van der Waals surface area contributed by atoms with Crippen molar-refractivity contribution >= 4 is 23.4 Å². The number of aryl methyl sites for hydroxylation is 1. The topological polar surface area (TPSA) is 62.7 Å². The summed E-state index contributed by atoms with van der Waals surface area (Å²) in [6, 6.07) is 16.6. The van der Waals surface area contributed by atoms with Crippen LogP contribution in [0, 0.1) is 0 Å². The molecule has 2 aromatic carbocycles. The van der Waals surface area contributed by atoms with E-state index in [0.717, 1.165) is 16.4 Å². The number of thioether (sulfide) groups is 1. The van der Waals surface area contributed by atoms with Crippen molar-refractivity contribution in [3.05, 3.63) is 54.1 Å². The highest BCUT2D eigenvalue weighted by molar-refractivity contribution is 7.99. The van der Waals surface area contributed by atoms with Crippen molar-refractivity contribution in [3.8, 4) is 11.1 Å². The molecule has 3 rings (SSSR count). The molecule has 0 aliphatic heterocycles. The summed E-state index contributed by atoms with van der Waals surface area (Å²) in [5, 5.41) is 10.7. The first kappa shape index (κ1) is 18.3. The van der Waals surface area contributed by atoms with Crippen molar-refractivity contribution in [2.45, 2.75) is 31.3 Å². The molecule has 0 spiro atoms. The predicted octanol–water partition coefficient (Wildman–Crippen LogP) is 4.44. The summed E-state index contributed by atoms with van der Waals surface area (Å²) in [4.78, 5) is 13.6. The van der Waals surface area contributed by atoms with E-state index >= 15 is 0 Å². The first-order valence-corrected chi connectivity index (χ1v) is 9.52. The van der Waals surface area contributed by atoms with Gasteiger partial charge in [0.05, 0.1) is 5.75 Å². The van der Waals surface area contributed by atoms with E-state index in [2.05, 4.69) is 60.6 Å². The smallest absolute Gasteiger partial charge is 0.234 e. The fraction of sp³-hybridized carbons (Fsp3) is 0.300. The van der Waals surface area contributed by atoms with Gasteiger partial charge < -0.3 is 5.32 Å². The van der Waals surface area contributed by atoms with E-state index in [0.29, 0.717) is 5.75 Å². The molecule has 2 N–H and O–H groups in total. The first-order valence-electron chi connectivity index (χ1n) is 8.54. The molecule has 26 heavy (non-hydrogen) atoms. The number of anilines is 1. The molecule has 1 amide bonds. The molecule has 0 atom stereocenters. The number of hydrogen-bond donors (Lipinski definition) is 2. The van der Waals surface area contributed by atoms with Gasteiger partial charge in [-0.2, -0.15) is 0 Å². The second-order valence-electron chi connectivity index (χ2n) is 7.28. The predicted molar refractivity (Wildman–Crippen MR) is 107 cm³/mol. The fourth-order valence-corrected chi connectivity index (χ4v) is 3.29. The van der Waals surface area contributed by atoms with Gasteiger partial charge in [0.2, 0.25) is 11.1 Å². The van der Waals surface area contributed by atoms with Gasteiger partial charge in [0, 0.05) is 12.7 Å². The van der Waals surface area contributed by atoms with Gasteiger partial charge in [0.15, 0.2) is 0 Å². The number of carbonyl (C=O) groups is 1. The number of benzene rings is 2. The van der Waals surface area contributed by atoms with E-state index in [4.69, 9.17) is 0 Å². The average molecular weight is 369 g/mol. The van der Waals surface area contributed by atoms with Gasteiger partial charge in [-0.15, -0.1) is 5.10 Å². The largest absolute Gasteiger partial charge is 0.325 e. The monoisotopic (exact) mass is 368 g/mol. The van der Waals surface area contributed by atoms with Crippen LogP contribution in [0.25, 0.3) is 11.1 Å². The number of aromatic nitrogens is 3. The summed E-state index contributed by atoms with van der Waals surface area (Å²) in [5.41, 5.74) is 4.57. The quantitative estimate of drug-likeness (QED) is 0.654. The summed E-state index contributed by atoms with van der Waals surface area (Å²) in [6.45, 7) is 6.64. The number of nitrogens with zero attached hydrogens (tertiary/aromatic N) is 2. The third-order valence-corrected chi connectivity index (χ3v) is 4.94. The molecule has 0 saturated carbocycles. The SMILES string of the molecule is Cn1nc(SCC(=O)Nc2ccc(-c3ccc(C(C)(C)C)cc3)cc2)[nH]1. The third kappa shape index (κ3) is 4.58. The minimum Gasteiger partial charge on any atom is -0.325 e. The highest BCUT2D eigenvalue weighted by atomic mass is 32.2. The van der Waals surface area contributed by atoms with Crippen LogP contribution in [0.5, 0.6) is 0 Å². The van der Waals surface area contributed by atoms with Crippen molar-refractivity contribution in [1.29, 1.82) is 0 Å². The Morgan fingerprint density at radius 1 is 1.08 bits per heavy atom. The van der Waals surface area contributed by atoms with E-state index in [9.17, 15) is 4.79 Å². The van der Waals surface area contributed by atoms with E-state index in [1.54, 1.807) is 4.80 Å². The molecule has 0 aliphatic carbocycles. The Morgan fingerprint density at radius 3 is 2.12 bits per heavy atom. The maximum atomic E-state index is 12.0. The lowest BCUT2D eigenvalue weighted by molar-refractivity contribution is -0.113. The summed E-state index contributed by atoms with van der Waals surface area (Å²) >= 11 is 1.38. The highest BCUT2D eigenvalue weighted by Gasteiger charge is 2.13. The Hall–Kier alpha value is -2.47. The molecule has 6 heteroatoms. The number of hydrogen-bond acceptors (Lipinski definition) is 3. The molecular weight excluding hydrogens is 344 g/mol. The van der Waals surface area contributed by atoms with Gasteiger partial charge in [0.1, 0.15) is 0 Å². The van der Waals surface area contributed by atoms with Crippen LogP contribution in [0.15, 0.2) is 53.7 Å². The van der Waals surface area contributed by atoms with Crippen LogP contribution in [-0.4, -0.2) is 26.7 Å². The molecule has 0 bridgehead atoms. The van der Waals surface area contributed by atoms with Gasteiger partial charge in [-0.05, 0) is 34.2 Å². The third-order valence-electron chi connectivity index (χ3n) is 4.09. The molecule has 0 fully saturated rings. The minimum atomic E-state index is -0.0451. The number of aromatic amines is 1. The van der Waals surface area contributed by atoms with Crippen molar-refractivity contribution in [1.82, 2.24) is 15.0 Å². The van der Waals surface area contributed by atoms with Crippen LogP contribution in [0.3, 0.4) is 0 Å². The van der Waals surface area contributed by atoms with Crippen molar-refractivity contribution < 1.29 is 4.79 Å². The lowest BCUT2D eigenvalue weighted by atomic mass is 9.86. The molecular formula is C20H24N4OS. The Bertz CT molecular complexity index is 858. The molecule has 0 saturated heterocycles. The maximum absolute atomic E-state index is 12.0. The maximum Gasteiger partial charge on any atom is 0.234 e. The van der Waals surface area contributed by atoms with Gasteiger partial charge in [-0.1, -0.05) is 68.9 Å². The van der Waals surface area contributed by atoms with Crippen LogP contribution in [-0.2, 0) is 17.3 Å². The minimum absolute atomic E-state index is 0.0451. The molecule has 5 nitrogen and oxygen atoms in total. The van der Waals surface area contributed by atoms with Crippen molar-refractivity contribution in [3.63, 3.8) is 0 Å². The molecule has 0 aliphatic rings. The van der Waals surface area contributed by atoms with E-state index in [-0.39, 0.29) is 11.3 Å². The molecule has 3 aromatic rings. The van der Waals surface area contributed by atoms with Crippen LogP contribution in [0.2, 0.25) is 0 Å². The summed E-state index contributed by atoms with van der Waals surface area (Å²) in [5.74, 6) is 0.284. The Kier molecular flexibility index (Phi) is 5.23. The number of amides is 1. The molecule has 1 aromatic heterocycles. The standard InChI is InChI=1S/C20H24N4OS/c1-20(2,3)16-9-5-14(6-10-16)15-7-11-17(12-8-15)21-18(25)13-26-19-22-24(4)23-19/h5-12H,13H2,1-4H3,(H,21,25)(H,22,23). The number of carbonyl (C=O) groups excluding carboxylic acids is 1. The van der Waals surface area contributed by atoms with E-state index in [1.807, 2.05) is 31.3 Å². The zero-order valence-corrected chi connectivity index (χ0v) is 16.4. The summed E-state index contributed by atoms with van der Waals surface area (Å²) in [6.07, 6.45) is 0. The Labute approximate surface area is 158 Å². The van der Waals surface area contributed by atoms with Crippen LogP contribution in [0.4, 0.5) is 5.69 Å². The fourth-order valence-electron chi connectivity index (χ4n) is 2.58. The Balaban J connectivity index is 1.58. The molecule has 136 valence electrons. The highest BCUT2D eigenvalue weighted by Crippen LogP contribution is 2.27. The zero-order valence-electron chi connectivity index (χ0n) is 15.5. The van der Waals surface area contributed by atoms with E-state index in [1.165, 1.54) is 22.9 Å². The first-order chi connectivity index (χ1) is 12.3. The number of nitrogens with one attached hydrogen (secondary N) is 2.